The Labute approximate surface area is 194 Å². The predicted octanol–water partition coefficient (Wildman–Crippen LogP) is 5.24. The number of aryl methyl sites for hydroxylation is 1. The molecule has 0 radical (unpaired) electrons. The molecule has 1 unspecified atom stereocenters. The number of thiazole rings is 1. The molecule has 2 heterocycles. The van der Waals surface area contributed by atoms with Crippen LogP contribution >= 0.6 is 11.3 Å². The van der Waals surface area contributed by atoms with Crippen molar-refractivity contribution in [3.8, 4) is 5.75 Å². The molecule has 5 rings (SSSR count). The Morgan fingerprint density at radius 2 is 1.76 bits per heavy atom. The minimum absolute atomic E-state index is 0.0480. The lowest BCUT2D eigenvalue weighted by atomic mass is 9.95. The van der Waals surface area contributed by atoms with Crippen LogP contribution in [-0.2, 0) is 9.59 Å². The van der Waals surface area contributed by atoms with Gasteiger partial charge in [0.2, 0.25) is 0 Å². The number of nitrogens with zero attached hydrogens (tertiary/aromatic N) is 2. The molecule has 33 heavy (non-hydrogen) atoms. The number of Topliss-reactive ketones (excluding diaryl/α,β-unsaturated/α-hetero) is 1. The number of hydrogen-bond acceptors (Lipinski definition) is 6. The van der Waals surface area contributed by atoms with Crippen LogP contribution in [0.4, 0.5) is 5.13 Å². The zero-order valence-corrected chi connectivity index (χ0v) is 18.8. The number of ether oxygens (including phenoxy) is 1. The summed E-state index contributed by atoms with van der Waals surface area (Å²) in [7, 11) is 1.59. The van der Waals surface area contributed by atoms with Crippen LogP contribution in [0.2, 0.25) is 0 Å². The Balaban J connectivity index is 1.71. The summed E-state index contributed by atoms with van der Waals surface area (Å²) in [6.45, 7) is 1.94. The van der Waals surface area contributed by atoms with Gasteiger partial charge in [-0.05, 0) is 30.7 Å². The van der Waals surface area contributed by atoms with Gasteiger partial charge < -0.3 is 9.84 Å². The third-order valence-electron chi connectivity index (χ3n) is 5.68. The lowest BCUT2D eigenvalue weighted by Gasteiger charge is -2.22. The van der Waals surface area contributed by atoms with Gasteiger partial charge in [0.15, 0.2) is 5.13 Å². The number of fused-ring (bicyclic) bond motifs is 1. The van der Waals surface area contributed by atoms with Crippen LogP contribution in [0, 0.1) is 6.92 Å². The van der Waals surface area contributed by atoms with Crippen molar-refractivity contribution in [1.29, 1.82) is 0 Å². The lowest BCUT2D eigenvalue weighted by Crippen LogP contribution is -2.29. The molecule has 1 aliphatic heterocycles. The van der Waals surface area contributed by atoms with Crippen molar-refractivity contribution in [3.05, 3.63) is 95.1 Å². The van der Waals surface area contributed by atoms with E-state index in [1.807, 2.05) is 61.5 Å². The first-order valence-corrected chi connectivity index (χ1v) is 11.2. The van der Waals surface area contributed by atoms with Crippen molar-refractivity contribution < 1.29 is 19.4 Å². The largest absolute Gasteiger partial charge is 0.507 e. The second-order valence-corrected chi connectivity index (χ2v) is 8.79. The van der Waals surface area contributed by atoms with Crippen molar-refractivity contribution in [2.24, 2.45) is 0 Å². The van der Waals surface area contributed by atoms with Crippen LogP contribution in [0.15, 0.2) is 78.4 Å². The minimum atomic E-state index is -0.796. The van der Waals surface area contributed by atoms with Crippen LogP contribution in [-0.4, -0.2) is 28.9 Å². The lowest BCUT2D eigenvalue weighted by molar-refractivity contribution is -0.132. The smallest absolute Gasteiger partial charge is 0.301 e. The molecule has 1 aliphatic rings. The molecule has 1 N–H and O–H groups in total. The Morgan fingerprint density at radius 1 is 1.03 bits per heavy atom. The summed E-state index contributed by atoms with van der Waals surface area (Å²) < 4.78 is 6.13. The number of rotatable bonds is 4. The summed E-state index contributed by atoms with van der Waals surface area (Å²) in [5.41, 5.74) is 2.96. The van der Waals surface area contributed by atoms with E-state index in [4.69, 9.17) is 4.74 Å². The first-order valence-electron chi connectivity index (χ1n) is 10.4. The van der Waals surface area contributed by atoms with Gasteiger partial charge in [-0.1, -0.05) is 71.5 Å². The van der Waals surface area contributed by atoms with Crippen molar-refractivity contribution in [3.63, 3.8) is 0 Å². The summed E-state index contributed by atoms with van der Waals surface area (Å²) in [6.07, 6.45) is 0. The number of ketones is 1. The van der Waals surface area contributed by atoms with Gasteiger partial charge in [-0.15, -0.1) is 0 Å². The number of aliphatic hydroxyl groups excluding tert-OH is 1. The Hall–Kier alpha value is -3.97. The molecule has 6 nitrogen and oxygen atoms in total. The van der Waals surface area contributed by atoms with Crippen LogP contribution in [0.5, 0.6) is 5.75 Å². The van der Waals surface area contributed by atoms with E-state index in [1.165, 1.54) is 16.2 Å². The fourth-order valence-electron chi connectivity index (χ4n) is 3.97. The molecule has 0 spiro atoms. The molecule has 4 aromatic rings. The monoisotopic (exact) mass is 456 g/mol. The van der Waals surface area contributed by atoms with E-state index >= 15 is 0 Å². The molecular formula is C26H20N2O4S. The van der Waals surface area contributed by atoms with E-state index in [-0.39, 0.29) is 11.3 Å². The van der Waals surface area contributed by atoms with E-state index < -0.39 is 17.7 Å². The molecule has 0 aliphatic carbocycles. The first kappa shape index (κ1) is 20.9. The molecule has 0 bridgehead atoms. The zero-order valence-electron chi connectivity index (χ0n) is 18.0. The average Bonchev–Trinajstić information content (AvgIpc) is 3.37. The number of methoxy groups -OCH3 is 1. The third-order valence-corrected chi connectivity index (χ3v) is 6.69. The normalized spacial score (nSPS) is 17.6. The van der Waals surface area contributed by atoms with Crippen molar-refractivity contribution in [2.75, 3.05) is 12.0 Å². The van der Waals surface area contributed by atoms with E-state index in [2.05, 4.69) is 4.98 Å². The van der Waals surface area contributed by atoms with Gasteiger partial charge >= 0.3 is 5.91 Å². The second kappa shape index (κ2) is 8.18. The molecule has 1 saturated heterocycles. The fraction of sp³-hybridized carbons (Fsp3) is 0.115. The van der Waals surface area contributed by atoms with Crippen molar-refractivity contribution in [1.82, 2.24) is 4.98 Å². The molecule has 3 aromatic carbocycles. The highest BCUT2D eigenvalue weighted by Gasteiger charge is 2.48. The third kappa shape index (κ3) is 3.56. The van der Waals surface area contributed by atoms with E-state index in [0.717, 1.165) is 10.3 Å². The van der Waals surface area contributed by atoms with E-state index in [1.54, 1.807) is 25.3 Å². The summed E-state index contributed by atoms with van der Waals surface area (Å²) in [4.78, 5) is 32.5. The first-order chi connectivity index (χ1) is 16.0. The quantitative estimate of drug-likeness (QED) is 0.258. The number of hydrogen-bond donors (Lipinski definition) is 1. The minimum Gasteiger partial charge on any atom is -0.507 e. The van der Waals surface area contributed by atoms with E-state index in [0.29, 0.717) is 27.5 Å². The molecule has 164 valence electrons. The van der Waals surface area contributed by atoms with Crippen LogP contribution in [0.25, 0.3) is 16.0 Å². The molecule has 0 saturated carbocycles. The number of carbonyl (C=O) groups is 2. The van der Waals surface area contributed by atoms with E-state index in [9.17, 15) is 14.7 Å². The van der Waals surface area contributed by atoms with Gasteiger partial charge in [0.1, 0.15) is 11.5 Å². The Morgan fingerprint density at radius 3 is 2.45 bits per heavy atom. The second-order valence-electron chi connectivity index (χ2n) is 7.78. The fourth-order valence-corrected chi connectivity index (χ4v) is 4.99. The SMILES string of the molecule is COc1ccc2nc(N3C(=O)C(=O)C(=C(O)c4ccc(C)cc4)C3c3ccccc3)sc2c1. The standard InChI is InChI=1S/C26H20N2O4S/c1-15-8-10-17(11-9-15)23(29)21-22(16-6-4-3-5-7-16)28(25(31)24(21)30)26-27-19-13-12-18(32-2)14-20(19)33-26/h3-14,22,29H,1-2H3. The summed E-state index contributed by atoms with van der Waals surface area (Å²) in [6, 6.07) is 21.0. The van der Waals surface area contributed by atoms with Gasteiger partial charge in [-0.3, -0.25) is 14.5 Å². The highest BCUT2D eigenvalue weighted by Crippen LogP contribution is 2.44. The molecule has 1 amide bonds. The summed E-state index contributed by atoms with van der Waals surface area (Å²) >= 11 is 1.30. The zero-order chi connectivity index (χ0) is 23.1. The topological polar surface area (TPSA) is 79.7 Å². The number of benzene rings is 3. The number of carbonyl (C=O) groups excluding carboxylic acids is 2. The molecule has 1 atom stereocenters. The number of aromatic nitrogens is 1. The highest BCUT2D eigenvalue weighted by molar-refractivity contribution is 7.22. The van der Waals surface area contributed by atoms with Gasteiger partial charge in [0.25, 0.3) is 5.78 Å². The van der Waals surface area contributed by atoms with Crippen LogP contribution < -0.4 is 9.64 Å². The van der Waals surface area contributed by atoms with Gasteiger partial charge in [-0.25, -0.2) is 4.98 Å². The van der Waals surface area contributed by atoms with Crippen LogP contribution in [0.1, 0.15) is 22.7 Å². The molecular weight excluding hydrogens is 436 g/mol. The van der Waals surface area contributed by atoms with Crippen LogP contribution in [0.3, 0.4) is 0 Å². The number of anilines is 1. The van der Waals surface area contributed by atoms with Crippen molar-refractivity contribution in [2.45, 2.75) is 13.0 Å². The predicted molar refractivity (Wildman–Crippen MR) is 129 cm³/mol. The van der Waals surface area contributed by atoms with Crippen molar-refractivity contribution >= 4 is 44.1 Å². The maximum Gasteiger partial charge on any atom is 0.301 e. The molecule has 1 fully saturated rings. The highest BCUT2D eigenvalue weighted by atomic mass is 32.1. The van der Waals surface area contributed by atoms with Gasteiger partial charge in [0.05, 0.1) is 28.9 Å². The number of amides is 1. The molecule has 7 heteroatoms. The summed E-state index contributed by atoms with van der Waals surface area (Å²) in [5, 5.41) is 11.5. The van der Waals surface area contributed by atoms with Gasteiger partial charge in [-0.2, -0.15) is 0 Å². The average molecular weight is 457 g/mol. The van der Waals surface area contributed by atoms with Gasteiger partial charge in [0, 0.05) is 5.56 Å². The number of aliphatic hydroxyl groups is 1. The Bertz CT molecular complexity index is 1410. The summed E-state index contributed by atoms with van der Waals surface area (Å²) in [5.74, 6) is -0.978. The maximum atomic E-state index is 13.3. The molecule has 1 aromatic heterocycles. The Kier molecular flexibility index (Phi) is 5.18. The maximum absolute atomic E-state index is 13.3.